The molecular weight excluding hydrogens is 759 g/mol. The quantitative estimate of drug-likeness (QED) is 0.0337. The Hall–Kier alpha value is -2.14. The summed E-state index contributed by atoms with van der Waals surface area (Å²) in [5.74, 6) is -0.886. The summed E-state index contributed by atoms with van der Waals surface area (Å²) in [6, 6.07) is -0.535. The van der Waals surface area contributed by atoms with Crippen molar-refractivity contribution in [1.82, 2.24) is 16.2 Å². The maximum Gasteiger partial charge on any atom is 0.234 e. The Kier molecular flexibility index (Phi) is 20.7. The lowest BCUT2D eigenvalue weighted by molar-refractivity contribution is -0.359. The Morgan fingerprint density at radius 2 is 1.29 bits per heavy atom. The van der Waals surface area contributed by atoms with Crippen molar-refractivity contribution >= 4 is 17.6 Å². The van der Waals surface area contributed by atoms with Gasteiger partial charge in [0.05, 0.1) is 32.5 Å². The van der Waals surface area contributed by atoms with Crippen molar-refractivity contribution in [2.45, 2.75) is 150 Å². The number of unbranched alkanes of at least 4 members (excludes halogenated alkanes) is 2. The van der Waals surface area contributed by atoms with E-state index in [0.29, 0.717) is 25.8 Å². The maximum atomic E-state index is 15.9. The van der Waals surface area contributed by atoms with Gasteiger partial charge < -0.3 is 85.4 Å². The van der Waals surface area contributed by atoms with Gasteiger partial charge in [-0.05, 0) is 39.2 Å². The molecule has 14 N–H and O–H groups in total. The number of hydrogen-bond donors (Lipinski definition) is 13. The Labute approximate surface area is 322 Å². The van der Waals surface area contributed by atoms with E-state index in [9.17, 15) is 60.3 Å². The highest BCUT2D eigenvalue weighted by Gasteiger charge is 2.52. The number of amides is 2. The number of nitrogens with one attached hydrogen (secondary N) is 3. The zero-order valence-electron chi connectivity index (χ0n) is 31.1. The van der Waals surface area contributed by atoms with Crippen LogP contribution in [0, 0.1) is 0 Å². The van der Waals surface area contributed by atoms with Crippen LogP contribution in [0.3, 0.4) is 0 Å². The van der Waals surface area contributed by atoms with Crippen LogP contribution in [-0.2, 0) is 42.8 Å². The molecule has 3 heterocycles. The van der Waals surface area contributed by atoms with Gasteiger partial charge in [0.1, 0.15) is 72.9 Å². The summed E-state index contributed by atoms with van der Waals surface area (Å²) < 4.78 is 48.6. The lowest BCUT2D eigenvalue weighted by Crippen LogP contribution is -2.64. The molecule has 3 saturated heterocycles. The smallest absolute Gasteiger partial charge is 0.234 e. The van der Waals surface area contributed by atoms with Crippen molar-refractivity contribution in [2.24, 2.45) is 5.73 Å². The summed E-state index contributed by atoms with van der Waals surface area (Å²) >= 11 is 0. The first kappa shape index (κ1) is 48.2. The molecule has 0 aromatic rings. The van der Waals surface area contributed by atoms with Crippen molar-refractivity contribution in [1.29, 1.82) is 0 Å². The maximum absolute atomic E-state index is 15.9. The van der Waals surface area contributed by atoms with Crippen LogP contribution in [0.4, 0.5) is 4.39 Å². The number of nitrogens with two attached hydrogens (primary N) is 1. The fraction of sp³-hybridized carbons (Fsp3) is 0.909. The zero-order valence-corrected chi connectivity index (χ0v) is 31.1. The topological polar surface area (TPSA) is 351 Å². The Morgan fingerprint density at radius 1 is 0.714 bits per heavy atom. The number of hydrogen-bond acceptors (Lipinski definition) is 20. The largest absolute Gasteiger partial charge is 0.394 e. The van der Waals surface area contributed by atoms with Crippen LogP contribution in [0.25, 0.3) is 0 Å². The minimum atomic E-state index is -2.33. The van der Waals surface area contributed by atoms with Crippen LogP contribution < -0.4 is 21.9 Å². The van der Waals surface area contributed by atoms with E-state index in [1.54, 1.807) is 0 Å². The van der Waals surface area contributed by atoms with E-state index in [-0.39, 0.29) is 37.7 Å². The van der Waals surface area contributed by atoms with Crippen LogP contribution in [-0.4, -0.2) is 201 Å². The molecular formula is C33H59FN4O18. The number of carbonyl (C=O) groups excluding carboxylic acids is 3. The van der Waals surface area contributed by atoms with Crippen LogP contribution in [0.2, 0.25) is 0 Å². The third-order valence-electron chi connectivity index (χ3n) is 9.60. The summed E-state index contributed by atoms with van der Waals surface area (Å²) in [4.78, 5) is 36.3. The minimum Gasteiger partial charge on any atom is -0.394 e. The third-order valence-corrected chi connectivity index (χ3v) is 9.60. The molecule has 3 aliphatic rings. The molecule has 0 bridgehead atoms. The lowest BCUT2D eigenvalue weighted by atomic mass is 9.97. The summed E-state index contributed by atoms with van der Waals surface area (Å²) in [5.41, 5.74) is 10.7. The van der Waals surface area contributed by atoms with E-state index < -0.39 is 124 Å². The minimum absolute atomic E-state index is 0.0418. The van der Waals surface area contributed by atoms with Crippen LogP contribution >= 0.6 is 0 Å². The summed E-state index contributed by atoms with van der Waals surface area (Å²) in [7, 11) is 0. The molecule has 2 amide bonds. The molecule has 326 valence electrons. The van der Waals surface area contributed by atoms with Gasteiger partial charge >= 0.3 is 0 Å². The lowest BCUT2D eigenvalue weighted by Gasteiger charge is -2.46. The fourth-order valence-electron chi connectivity index (χ4n) is 6.16. The van der Waals surface area contributed by atoms with E-state index in [1.807, 2.05) is 0 Å². The standard InChI is InChI=1S/C33H59FN4O18/c1-15(41)16(6-4-5-9-35)37-38-21(43)8-3-2-7-20(42)36-10-11-51-31-22(34)30(56-33-29(50)27(48)24(45)18(13-40)54-33)25(46)19(55-31)14-52-32-28(49)26(47)23(44)17(12-39)53-32/h16-19,22-33,37,39-40,44-50H,2-14,35H2,1H3,(H,36,42)(H,38,43)/t16-,17+,18+,19+,22+,23+,24+,25+,26-,27-,28-,29-,30+,31+,32-,33+/m0/s1. The predicted molar refractivity (Wildman–Crippen MR) is 184 cm³/mol. The predicted octanol–water partition coefficient (Wildman–Crippen LogP) is -6.19. The average Bonchev–Trinajstić information content (AvgIpc) is 3.17. The van der Waals surface area contributed by atoms with Gasteiger partial charge in [-0.15, -0.1) is 0 Å². The molecule has 3 fully saturated rings. The molecule has 0 saturated carbocycles. The molecule has 22 nitrogen and oxygen atoms in total. The summed E-state index contributed by atoms with van der Waals surface area (Å²) in [5, 5.41) is 93.9. The van der Waals surface area contributed by atoms with Gasteiger partial charge in [0.25, 0.3) is 0 Å². The number of Topliss-reactive ketones (excluding diaryl/α,β-unsaturated/α-hetero) is 1. The average molecular weight is 819 g/mol. The number of aliphatic hydroxyl groups excluding tert-OH is 9. The van der Waals surface area contributed by atoms with Gasteiger partial charge in [-0.2, -0.15) is 0 Å². The first-order valence-corrected chi connectivity index (χ1v) is 18.6. The molecule has 16 atom stereocenters. The first-order chi connectivity index (χ1) is 26.6. The SMILES string of the molecule is CC(=O)[C@H](CCCCN)NNC(=O)CCCCC(=O)NCCO[C@@H]1O[C@H](CO[C@H]2O[C@H](CO)[C@@H](O)[C@H](O)[C@@H]2O)[C@@H](O)[C@H](O[C@H]2O[C@H](CO)[C@@H](O)[C@H](O)[C@@H]2O)[C@H]1F. The van der Waals surface area contributed by atoms with E-state index in [0.717, 1.165) is 12.8 Å². The second kappa shape index (κ2) is 24.1. The second-order valence-electron chi connectivity index (χ2n) is 13.9. The van der Waals surface area contributed by atoms with Gasteiger partial charge in [-0.1, -0.05) is 6.42 Å². The number of hydrazine groups is 1. The fourth-order valence-corrected chi connectivity index (χ4v) is 6.16. The van der Waals surface area contributed by atoms with E-state index >= 15 is 4.39 Å². The Balaban J connectivity index is 1.53. The molecule has 0 unspecified atom stereocenters. The third kappa shape index (κ3) is 13.7. The highest BCUT2D eigenvalue weighted by molar-refractivity contribution is 5.82. The molecule has 3 aliphatic heterocycles. The number of alkyl halides is 1. The molecule has 0 aromatic carbocycles. The Morgan fingerprint density at radius 3 is 1.88 bits per heavy atom. The van der Waals surface area contributed by atoms with Crippen molar-refractivity contribution in [3.63, 3.8) is 0 Å². The highest BCUT2D eigenvalue weighted by atomic mass is 19.1. The monoisotopic (exact) mass is 818 g/mol. The normalized spacial score (nSPS) is 36.8. The second-order valence-corrected chi connectivity index (χ2v) is 13.9. The van der Waals surface area contributed by atoms with Crippen LogP contribution in [0.1, 0.15) is 51.9 Å². The number of carbonyl (C=O) groups is 3. The van der Waals surface area contributed by atoms with Gasteiger partial charge in [-0.25, -0.2) is 9.82 Å². The van der Waals surface area contributed by atoms with Crippen molar-refractivity contribution in [3.05, 3.63) is 0 Å². The molecule has 56 heavy (non-hydrogen) atoms. The van der Waals surface area contributed by atoms with E-state index in [1.165, 1.54) is 6.92 Å². The number of ketones is 1. The van der Waals surface area contributed by atoms with E-state index in [4.69, 9.17) is 34.2 Å². The number of halogens is 1. The van der Waals surface area contributed by atoms with Gasteiger partial charge in [-0.3, -0.25) is 19.8 Å². The number of aliphatic hydroxyl groups is 9. The molecule has 0 aliphatic carbocycles. The molecule has 23 heteroatoms. The van der Waals surface area contributed by atoms with Crippen molar-refractivity contribution < 1.29 is 93.2 Å². The van der Waals surface area contributed by atoms with Crippen molar-refractivity contribution in [3.8, 4) is 0 Å². The molecule has 0 spiro atoms. The molecule has 3 rings (SSSR count). The summed E-state index contributed by atoms with van der Waals surface area (Å²) in [6.07, 6.45) is -23.9. The molecule has 0 radical (unpaired) electrons. The highest BCUT2D eigenvalue weighted by Crippen LogP contribution is 2.32. The van der Waals surface area contributed by atoms with Crippen LogP contribution in [0.5, 0.6) is 0 Å². The van der Waals surface area contributed by atoms with Crippen LogP contribution in [0.15, 0.2) is 0 Å². The zero-order chi connectivity index (χ0) is 41.5. The Bertz CT molecular complexity index is 1200. The van der Waals surface area contributed by atoms with Gasteiger partial charge in [0.15, 0.2) is 25.0 Å². The number of ether oxygens (including phenoxy) is 6. The number of rotatable bonds is 23. The summed E-state index contributed by atoms with van der Waals surface area (Å²) in [6.45, 7) is -0.830. The van der Waals surface area contributed by atoms with Gasteiger partial charge in [0, 0.05) is 19.4 Å². The van der Waals surface area contributed by atoms with E-state index in [2.05, 4.69) is 16.2 Å². The van der Waals surface area contributed by atoms with Crippen molar-refractivity contribution in [2.75, 3.05) is 39.5 Å². The first-order valence-electron chi connectivity index (χ1n) is 18.6. The molecule has 0 aromatic heterocycles. The van der Waals surface area contributed by atoms with Gasteiger partial charge in [0.2, 0.25) is 11.8 Å².